The Labute approximate surface area is 256 Å². The van der Waals surface area contributed by atoms with Crippen LogP contribution in [0, 0.1) is 5.92 Å². The van der Waals surface area contributed by atoms with E-state index in [1.54, 1.807) is 4.90 Å². The van der Waals surface area contributed by atoms with Crippen molar-refractivity contribution in [3.05, 3.63) is 36.5 Å². The Morgan fingerprint density at radius 1 is 0.561 bits per heavy atom. The second kappa shape index (κ2) is 29.9. The first kappa shape index (κ1) is 39.5. The highest BCUT2D eigenvalue weighted by Gasteiger charge is 2.29. The summed E-state index contributed by atoms with van der Waals surface area (Å²) >= 11 is 0. The summed E-state index contributed by atoms with van der Waals surface area (Å²) in [5.74, 6) is 0.410. The van der Waals surface area contributed by atoms with Gasteiger partial charge >= 0.3 is 6.09 Å². The van der Waals surface area contributed by atoms with Crippen LogP contribution < -0.4 is 0 Å². The molecule has 1 N–H and O–H groups in total. The normalized spacial score (nSPS) is 13.7. The third-order valence-corrected chi connectivity index (χ3v) is 8.17. The maximum Gasteiger partial charge on any atom is 0.407 e. The topological polar surface area (TPSA) is 43.8 Å². The molecule has 0 saturated heterocycles. The molecule has 4 heteroatoms. The lowest BCUT2D eigenvalue weighted by Crippen LogP contribution is -2.46. The zero-order valence-electron chi connectivity index (χ0n) is 28.1. The fourth-order valence-electron chi connectivity index (χ4n) is 5.57. The highest BCUT2D eigenvalue weighted by molar-refractivity contribution is 5.65. The van der Waals surface area contributed by atoms with Gasteiger partial charge in [-0.2, -0.15) is 0 Å². The van der Waals surface area contributed by atoms with Crippen molar-refractivity contribution in [2.24, 2.45) is 5.92 Å². The van der Waals surface area contributed by atoms with Gasteiger partial charge in [-0.15, -0.1) is 0 Å². The van der Waals surface area contributed by atoms with Gasteiger partial charge in [0.25, 0.3) is 0 Å². The van der Waals surface area contributed by atoms with Gasteiger partial charge in [-0.05, 0) is 110 Å². The third kappa shape index (κ3) is 24.7. The van der Waals surface area contributed by atoms with Gasteiger partial charge in [0.05, 0.1) is 0 Å². The Morgan fingerprint density at radius 2 is 0.976 bits per heavy atom. The highest BCUT2D eigenvalue weighted by Crippen LogP contribution is 2.28. The molecule has 0 aromatic carbocycles. The molecule has 0 rings (SSSR count). The molecule has 0 fully saturated rings. The largest absolute Gasteiger partial charge is 0.465 e. The molecule has 41 heavy (non-hydrogen) atoms. The molecule has 0 aliphatic carbocycles. The number of hydrogen-bond acceptors (Lipinski definition) is 2. The maximum absolute atomic E-state index is 12.6. The minimum atomic E-state index is -0.753. The molecular weight excluding hydrogens is 504 g/mol. The first-order chi connectivity index (χ1) is 20.0. The summed E-state index contributed by atoms with van der Waals surface area (Å²) < 4.78 is 0. The van der Waals surface area contributed by atoms with Crippen LogP contribution >= 0.6 is 0 Å². The van der Waals surface area contributed by atoms with Crippen LogP contribution in [0.1, 0.15) is 156 Å². The van der Waals surface area contributed by atoms with Crippen molar-refractivity contribution < 1.29 is 9.90 Å². The lowest BCUT2D eigenvalue weighted by Gasteiger charge is -2.36. The zero-order valence-corrected chi connectivity index (χ0v) is 28.1. The van der Waals surface area contributed by atoms with Gasteiger partial charge in [0.2, 0.25) is 0 Å². The van der Waals surface area contributed by atoms with Crippen LogP contribution in [0.25, 0.3) is 0 Å². The summed E-state index contributed by atoms with van der Waals surface area (Å²) in [4.78, 5) is 16.4. The molecule has 2 unspecified atom stereocenters. The SMILES string of the molecule is CCCCC/C=C\CCCC(CCC/C=C\CCCCCC)C(CC/C=C\CCCCC)N(CCN(C)C)C(=O)O. The van der Waals surface area contributed by atoms with E-state index in [9.17, 15) is 9.90 Å². The Balaban J connectivity index is 5.38. The minimum absolute atomic E-state index is 0.0827. The van der Waals surface area contributed by atoms with Crippen molar-refractivity contribution in [2.75, 3.05) is 27.2 Å². The summed E-state index contributed by atoms with van der Waals surface area (Å²) in [5, 5.41) is 10.3. The van der Waals surface area contributed by atoms with Crippen LogP contribution in [0.5, 0.6) is 0 Å². The highest BCUT2D eigenvalue weighted by atomic mass is 16.4. The van der Waals surface area contributed by atoms with Crippen LogP contribution in [-0.2, 0) is 0 Å². The van der Waals surface area contributed by atoms with E-state index in [4.69, 9.17) is 0 Å². The Morgan fingerprint density at radius 3 is 1.41 bits per heavy atom. The predicted molar refractivity (Wildman–Crippen MR) is 182 cm³/mol. The van der Waals surface area contributed by atoms with Crippen LogP contribution in [0.2, 0.25) is 0 Å². The summed E-state index contributed by atoms with van der Waals surface area (Å²) in [7, 11) is 4.07. The van der Waals surface area contributed by atoms with Crippen molar-refractivity contribution in [3.8, 4) is 0 Å². The smallest absolute Gasteiger partial charge is 0.407 e. The van der Waals surface area contributed by atoms with Crippen molar-refractivity contribution in [2.45, 2.75) is 162 Å². The second-order valence-electron chi connectivity index (χ2n) is 12.3. The second-order valence-corrected chi connectivity index (χ2v) is 12.3. The Bertz CT molecular complexity index is 655. The maximum atomic E-state index is 12.6. The summed E-state index contributed by atoms with van der Waals surface area (Å²) in [6.45, 7) is 8.11. The molecule has 0 saturated carbocycles. The molecule has 0 heterocycles. The Hall–Kier alpha value is -1.55. The molecule has 0 radical (unpaired) electrons. The van der Waals surface area contributed by atoms with E-state index in [0.717, 1.165) is 64.3 Å². The molecule has 2 atom stereocenters. The van der Waals surface area contributed by atoms with Crippen molar-refractivity contribution in [1.29, 1.82) is 0 Å². The number of carboxylic acid groups (broad SMARTS) is 1. The number of allylic oxidation sites excluding steroid dienone is 6. The molecule has 0 aliphatic rings. The van der Waals surface area contributed by atoms with Crippen LogP contribution in [0.3, 0.4) is 0 Å². The van der Waals surface area contributed by atoms with Crippen molar-refractivity contribution in [1.82, 2.24) is 9.80 Å². The van der Waals surface area contributed by atoms with Gasteiger partial charge in [-0.1, -0.05) is 102 Å². The van der Waals surface area contributed by atoms with E-state index >= 15 is 0 Å². The van der Waals surface area contributed by atoms with E-state index in [1.807, 2.05) is 14.1 Å². The van der Waals surface area contributed by atoms with Gasteiger partial charge in [-0.3, -0.25) is 0 Å². The van der Waals surface area contributed by atoms with Crippen molar-refractivity contribution >= 4 is 6.09 Å². The van der Waals surface area contributed by atoms with E-state index in [1.165, 1.54) is 77.0 Å². The average Bonchev–Trinajstić information content (AvgIpc) is 2.94. The van der Waals surface area contributed by atoms with Crippen molar-refractivity contribution in [3.63, 3.8) is 0 Å². The lowest BCUT2D eigenvalue weighted by atomic mass is 9.85. The van der Waals surface area contributed by atoms with Crippen LogP contribution in [0.4, 0.5) is 4.79 Å². The van der Waals surface area contributed by atoms with Crippen LogP contribution in [-0.4, -0.2) is 54.2 Å². The van der Waals surface area contributed by atoms with Gasteiger partial charge in [-0.25, -0.2) is 4.79 Å². The van der Waals surface area contributed by atoms with E-state index in [2.05, 4.69) is 62.1 Å². The third-order valence-electron chi connectivity index (χ3n) is 8.17. The van der Waals surface area contributed by atoms with Gasteiger partial charge in [0.15, 0.2) is 0 Å². The molecule has 0 aromatic heterocycles. The molecular formula is C37H70N2O2. The molecule has 4 nitrogen and oxygen atoms in total. The molecule has 0 aliphatic heterocycles. The van der Waals surface area contributed by atoms with Gasteiger partial charge in [0.1, 0.15) is 0 Å². The summed E-state index contributed by atoms with van der Waals surface area (Å²) in [5.41, 5.74) is 0. The van der Waals surface area contributed by atoms with E-state index < -0.39 is 6.09 Å². The summed E-state index contributed by atoms with van der Waals surface area (Å²) in [6, 6.07) is 0.0827. The Kier molecular flexibility index (Phi) is 28.8. The minimum Gasteiger partial charge on any atom is -0.465 e. The predicted octanol–water partition coefficient (Wildman–Crippen LogP) is 11.4. The van der Waals surface area contributed by atoms with Gasteiger partial charge in [0, 0.05) is 19.1 Å². The number of hydrogen-bond donors (Lipinski definition) is 1. The monoisotopic (exact) mass is 575 g/mol. The van der Waals surface area contributed by atoms with Gasteiger partial charge < -0.3 is 14.9 Å². The standard InChI is InChI=1S/C37H70N2O2/c1-6-9-12-15-18-20-23-25-28-31-35(30-27-24-22-19-16-13-10-7-2)36(32-29-26-21-17-14-11-8-3)39(37(40)41)34-33-38(4)5/h19-23,26,35-36H,6-18,24-25,27-34H2,1-5H3,(H,40,41)/b22-19-,23-20-,26-21-. The number of amides is 1. The van der Waals surface area contributed by atoms with Crippen LogP contribution in [0.15, 0.2) is 36.5 Å². The zero-order chi connectivity index (χ0) is 30.4. The number of nitrogens with zero attached hydrogens (tertiary/aromatic N) is 2. The fraction of sp³-hybridized carbons (Fsp3) is 0.811. The molecule has 240 valence electrons. The quantitative estimate of drug-likeness (QED) is 0.0713. The average molecular weight is 575 g/mol. The molecule has 0 bridgehead atoms. The number of carbonyl (C=O) groups is 1. The number of unbranched alkanes of at least 4 members (excludes halogenated alkanes) is 12. The molecule has 0 aromatic rings. The number of rotatable bonds is 29. The first-order valence-electron chi connectivity index (χ1n) is 17.6. The van der Waals surface area contributed by atoms with E-state index in [0.29, 0.717) is 12.5 Å². The summed E-state index contributed by atoms with van der Waals surface area (Å²) in [6.07, 6.45) is 38.4. The fourth-order valence-corrected chi connectivity index (χ4v) is 5.57. The number of likely N-dealkylation sites (N-methyl/N-ethyl adjacent to an activating group) is 1. The lowest BCUT2D eigenvalue weighted by molar-refractivity contribution is 0.0896. The first-order valence-corrected chi connectivity index (χ1v) is 17.6. The molecule has 0 spiro atoms. The molecule has 1 amide bonds. The van der Waals surface area contributed by atoms with E-state index in [-0.39, 0.29) is 6.04 Å².